The van der Waals surface area contributed by atoms with Crippen molar-refractivity contribution in [3.05, 3.63) is 0 Å². The molecule has 2 heteroatoms. The third kappa shape index (κ3) is 0.775. The van der Waals surface area contributed by atoms with E-state index in [2.05, 4.69) is 5.32 Å². The minimum atomic E-state index is 0.637. The molecule has 2 rings (SSSR count). The third-order valence-electron chi connectivity index (χ3n) is 2.45. The Morgan fingerprint density at radius 1 is 1.67 bits per heavy atom. The van der Waals surface area contributed by atoms with Gasteiger partial charge in [-0.05, 0) is 19.4 Å². The van der Waals surface area contributed by atoms with Gasteiger partial charge in [-0.25, -0.2) is 0 Å². The first-order valence-electron chi connectivity index (χ1n) is 3.69. The first-order chi connectivity index (χ1) is 4.43. The molecule has 1 saturated carbocycles. The summed E-state index contributed by atoms with van der Waals surface area (Å²) in [6.45, 7) is 2.16. The predicted octanol–water partition coefficient (Wildman–Crippen LogP) is 0.241. The number of nitrogens with one attached hydrogen (secondary N) is 1. The van der Waals surface area contributed by atoms with Crippen molar-refractivity contribution in [3.63, 3.8) is 0 Å². The lowest BCUT2D eigenvalue weighted by Crippen LogP contribution is -2.14. The Morgan fingerprint density at radius 3 is 3.11 bits per heavy atom. The second-order valence-corrected chi connectivity index (χ2v) is 3.01. The van der Waals surface area contributed by atoms with Crippen molar-refractivity contribution < 1.29 is 4.74 Å². The van der Waals surface area contributed by atoms with E-state index < -0.39 is 0 Å². The van der Waals surface area contributed by atoms with Crippen molar-refractivity contribution in [2.24, 2.45) is 11.8 Å². The van der Waals surface area contributed by atoms with Crippen LogP contribution in [0.2, 0.25) is 0 Å². The zero-order valence-corrected chi connectivity index (χ0v) is 5.76. The van der Waals surface area contributed by atoms with E-state index in [1.54, 1.807) is 0 Å². The monoisotopic (exact) mass is 127 g/mol. The highest BCUT2D eigenvalue weighted by Gasteiger charge is 2.53. The fourth-order valence-electron chi connectivity index (χ4n) is 1.88. The minimum absolute atomic E-state index is 0.637. The zero-order valence-electron chi connectivity index (χ0n) is 5.76. The molecule has 2 nitrogen and oxygen atoms in total. The van der Waals surface area contributed by atoms with E-state index in [-0.39, 0.29) is 0 Å². The lowest BCUT2D eigenvalue weighted by atomic mass is 10.2. The van der Waals surface area contributed by atoms with E-state index in [4.69, 9.17) is 4.74 Å². The maximum Gasteiger partial charge on any atom is 0.0652 e. The van der Waals surface area contributed by atoms with Crippen LogP contribution in [-0.2, 0) is 4.74 Å². The van der Waals surface area contributed by atoms with Crippen LogP contribution in [0, 0.1) is 11.8 Å². The largest absolute Gasteiger partial charge is 0.378 e. The van der Waals surface area contributed by atoms with Gasteiger partial charge in [0.1, 0.15) is 0 Å². The molecular formula is C7H13NO. The molecule has 2 fully saturated rings. The average molecular weight is 127 g/mol. The van der Waals surface area contributed by atoms with Crippen LogP contribution in [0.5, 0.6) is 0 Å². The highest BCUT2D eigenvalue weighted by molar-refractivity contribution is 5.02. The van der Waals surface area contributed by atoms with Crippen molar-refractivity contribution in [2.45, 2.75) is 12.5 Å². The van der Waals surface area contributed by atoms with Gasteiger partial charge in [-0.1, -0.05) is 0 Å². The molecule has 0 aromatic carbocycles. The highest BCUT2D eigenvalue weighted by atomic mass is 16.5. The average Bonchev–Trinajstić information content (AvgIpc) is 2.39. The Kier molecular flexibility index (Phi) is 1.24. The van der Waals surface area contributed by atoms with Crippen LogP contribution in [0.3, 0.4) is 0 Å². The Hall–Kier alpha value is -0.0800. The number of ether oxygens (including phenoxy) is 1. The van der Waals surface area contributed by atoms with Crippen LogP contribution in [0.1, 0.15) is 6.42 Å². The Balaban J connectivity index is 1.81. The molecule has 0 spiro atoms. The van der Waals surface area contributed by atoms with Crippen LogP contribution in [0.25, 0.3) is 0 Å². The summed E-state index contributed by atoms with van der Waals surface area (Å²) in [7, 11) is 2.01. The van der Waals surface area contributed by atoms with Crippen LogP contribution >= 0.6 is 0 Å². The summed E-state index contributed by atoms with van der Waals surface area (Å²) in [6, 6.07) is 0. The molecule has 0 radical (unpaired) electrons. The van der Waals surface area contributed by atoms with Crippen molar-refractivity contribution in [2.75, 3.05) is 20.2 Å². The molecule has 3 atom stereocenters. The van der Waals surface area contributed by atoms with Crippen molar-refractivity contribution in [1.82, 2.24) is 5.32 Å². The standard InChI is InChI=1S/C7H13NO/c1-8-4-6-5-2-3-9-7(5)6/h5-8H,2-4H2,1H3/t5-,6+,7+/m0/s1. The Morgan fingerprint density at radius 2 is 2.56 bits per heavy atom. The molecule has 2 aliphatic rings. The van der Waals surface area contributed by atoms with E-state index in [0.29, 0.717) is 6.10 Å². The summed E-state index contributed by atoms with van der Waals surface area (Å²) in [6.07, 6.45) is 1.94. The number of hydrogen-bond donors (Lipinski definition) is 1. The minimum Gasteiger partial charge on any atom is -0.378 e. The number of fused-ring (bicyclic) bond motifs is 1. The first-order valence-corrected chi connectivity index (χ1v) is 3.69. The van der Waals surface area contributed by atoms with Crippen molar-refractivity contribution in [3.8, 4) is 0 Å². The second kappa shape index (κ2) is 1.96. The Bertz CT molecular complexity index is 105. The molecule has 1 heterocycles. The fourth-order valence-corrected chi connectivity index (χ4v) is 1.88. The van der Waals surface area contributed by atoms with Gasteiger partial charge >= 0.3 is 0 Å². The maximum atomic E-state index is 5.45. The molecule has 0 bridgehead atoms. The van der Waals surface area contributed by atoms with Crippen LogP contribution in [0.15, 0.2) is 0 Å². The highest BCUT2D eigenvalue weighted by Crippen LogP contribution is 2.48. The quantitative estimate of drug-likeness (QED) is 0.573. The molecule has 0 unspecified atom stereocenters. The normalized spacial score (nSPS) is 47.0. The van der Waals surface area contributed by atoms with Gasteiger partial charge in [0, 0.05) is 19.1 Å². The fraction of sp³-hybridized carbons (Fsp3) is 1.00. The van der Waals surface area contributed by atoms with Crippen LogP contribution in [-0.4, -0.2) is 26.3 Å². The SMILES string of the molecule is CNC[C@@H]1[C@@H]2CCO[C@@H]12. The molecule has 1 aliphatic carbocycles. The smallest absolute Gasteiger partial charge is 0.0652 e. The molecule has 52 valence electrons. The topological polar surface area (TPSA) is 21.3 Å². The van der Waals surface area contributed by atoms with Gasteiger partial charge in [0.05, 0.1) is 6.10 Å². The van der Waals surface area contributed by atoms with Gasteiger partial charge in [-0.15, -0.1) is 0 Å². The lowest BCUT2D eigenvalue weighted by Gasteiger charge is -2.00. The van der Waals surface area contributed by atoms with E-state index in [0.717, 1.165) is 25.0 Å². The molecule has 0 amide bonds. The summed E-state index contributed by atoms with van der Waals surface area (Å²) >= 11 is 0. The van der Waals surface area contributed by atoms with E-state index >= 15 is 0 Å². The lowest BCUT2D eigenvalue weighted by molar-refractivity contribution is 0.138. The van der Waals surface area contributed by atoms with E-state index in [9.17, 15) is 0 Å². The van der Waals surface area contributed by atoms with Crippen molar-refractivity contribution >= 4 is 0 Å². The zero-order chi connectivity index (χ0) is 6.27. The van der Waals surface area contributed by atoms with Gasteiger partial charge < -0.3 is 10.1 Å². The molecule has 0 aromatic heterocycles. The van der Waals surface area contributed by atoms with E-state index in [1.807, 2.05) is 7.05 Å². The molecule has 1 saturated heterocycles. The van der Waals surface area contributed by atoms with Crippen molar-refractivity contribution in [1.29, 1.82) is 0 Å². The van der Waals surface area contributed by atoms with E-state index in [1.165, 1.54) is 6.42 Å². The molecule has 1 aliphatic heterocycles. The van der Waals surface area contributed by atoms with Crippen LogP contribution in [0.4, 0.5) is 0 Å². The second-order valence-electron chi connectivity index (χ2n) is 3.01. The first kappa shape index (κ1) is 5.69. The Labute approximate surface area is 55.6 Å². The summed E-state index contributed by atoms with van der Waals surface area (Å²) < 4.78 is 5.45. The number of hydrogen-bond acceptors (Lipinski definition) is 2. The summed E-state index contributed by atoms with van der Waals surface area (Å²) in [5, 5.41) is 3.18. The third-order valence-corrected chi connectivity index (χ3v) is 2.45. The molecule has 9 heavy (non-hydrogen) atoms. The predicted molar refractivity (Wildman–Crippen MR) is 35.3 cm³/mol. The summed E-state index contributed by atoms with van der Waals surface area (Å²) in [5.74, 6) is 1.76. The maximum absolute atomic E-state index is 5.45. The van der Waals surface area contributed by atoms with Gasteiger partial charge in [-0.3, -0.25) is 0 Å². The molecule has 1 N–H and O–H groups in total. The summed E-state index contributed by atoms with van der Waals surface area (Å²) in [4.78, 5) is 0. The van der Waals surface area contributed by atoms with Crippen LogP contribution < -0.4 is 5.32 Å². The molecular weight excluding hydrogens is 114 g/mol. The van der Waals surface area contributed by atoms with Gasteiger partial charge in [-0.2, -0.15) is 0 Å². The number of rotatable bonds is 2. The van der Waals surface area contributed by atoms with Gasteiger partial charge in [0.2, 0.25) is 0 Å². The molecule has 0 aromatic rings. The van der Waals surface area contributed by atoms with Gasteiger partial charge in [0.25, 0.3) is 0 Å². The summed E-state index contributed by atoms with van der Waals surface area (Å²) in [5.41, 5.74) is 0. The van der Waals surface area contributed by atoms with Gasteiger partial charge in [0.15, 0.2) is 0 Å².